The van der Waals surface area contributed by atoms with Gasteiger partial charge in [-0.05, 0) is 25.0 Å². The van der Waals surface area contributed by atoms with Crippen LogP contribution in [0.25, 0.3) is 22.2 Å². The van der Waals surface area contributed by atoms with E-state index in [1.54, 1.807) is 12.4 Å². The molecule has 1 aliphatic rings. The summed E-state index contributed by atoms with van der Waals surface area (Å²) in [6.07, 6.45) is 11.8. The number of rotatable bonds is 3. The van der Waals surface area contributed by atoms with Gasteiger partial charge in [0.05, 0.1) is 17.6 Å². The average Bonchev–Trinajstić information content (AvgIpc) is 3.02. The van der Waals surface area contributed by atoms with Gasteiger partial charge in [-0.25, -0.2) is 23.7 Å². The summed E-state index contributed by atoms with van der Waals surface area (Å²) in [6, 6.07) is 2.45. The molecular formula is C21H15F2N5O. The fraction of sp³-hybridized carbons (Fsp3) is 0.238. The van der Waals surface area contributed by atoms with Crippen LogP contribution in [0.4, 0.5) is 8.78 Å². The van der Waals surface area contributed by atoms with E-state index in [9.17, 15) is 13.6 Å². The highest BCUT2D eigenvalue weighted by Gasteiger charge is 2.27. The van der Waals surface area contributed by atoms with Crippen LogP contribution >= 0.6 is 0 Å². The van der Waals surface area contributed by atoms with E-state index in [4.69, 9.17) is 6.42 Å². The van der Waals surface area contributed by atoms with Crippen LogP contribution in [-0.4, -0.2) is 24.5 Å². The lowest BCUT2D eigenvalue weighted by Crippen LogP contribution is -2.20. The van der Waals surface area contributed by atoms with Crippen LogP contribution in [0.1, 0.15) is 42.1 Å². The number of nitrogens with zero attached hydrogens (tertiary/aromatic N) is 4. The van der Waals surface area contributed by atoms with Crippen LogP contribution < -0.4 is 5.56 Å². The Hall–Kier alpha value is -3.60. The molecule has 0 amide bonds. The Balaban J connectivity index is 1.79. The van der Waals surface area contributed by atoms with Gasteiger partial charge in [0.15, 0.2) is 22.9 Å². The van der Waals surface area contributed by atoms with Crippen LogP contribution in [0.5, 0.6) is 0 Å². The van der Waals surface area contributed by atoms with Crippen molar-refractivity contribution in [3.8, 4) is 12.3 Å². The number of hydrogen-bond acceptors (Lipinski definition) is 4. The molecule has 1 aromatic carbocycles. The predicted octanol–water partition coefficient (Wildman–Crippen LogP) is 3.24. The number of aromatic amines is 1. The highest BCUT2D eigenvalue weighted by atomic mass is 19.2. The second-order valence-corrected chi connectivity index (χ2v) is 7.12. The lowest BCUT2D eigenvalue weighted by atomic mass is 9.84. The average molecular weight is 391 g/mol. The number of H-pyrrole nitrogens is 1. The highest BCUT2D eigenvalue weighted by Crippen LogP contribution is 2.37. The molecule has 8 heteroatoms. The zero-order valence-corrected chi connectivity index (χ0v) is 15.2. The molecule has 0 radical (unpaired) electrons. The summed E-state index contributed by atoms with van der Waals surface area (Å²) in [6.45, 7) is 0.159. The molecule has 1 saturated carbocycles. The van der Waals surface area contributed by atoms with Gasteiger partial charge in [-0.2, -0.15) is 0 Å². The molecule has 0 aliphatic heterocycles. The van der Waals surface area contributed by atoms with Crippen molar-refractivity contribution in [3.63, 3.8) is 0 Å². The van der Waals surface area contributed by atoms with E-state index in [-0.39, 0.29) is 23.5 Å². The standard InChI is InChI=1S/C21H15F2N5O/c1-2-12-14(13-6-7-15(22)16(23)17(13)26-21(12)29)10-28-19(11-4-3-5-11)27-18-20(28)25-9-8-24-18/h1,6-9,11H,3-5,10H2,(H,26,29). The Bertz CT molecular complexity index is 1380. The van der Waals surface area contributed by atoms with E-state index < -0.39 is 17.2 Å². The van der Waals surface area contributed by atoms with Crippen molar-refractivity contribution in [2.24, 2.45) is 0 Å². The molecule has 1 N–H and O–H groups in total. The highest BCUT2D eigenvalue weighted by molar-refractivity contribution is 5.85. The number of halogens is 2. The largest absolute Gasteiger partial charge is 0.318 e. The first-order valence-electron chi connectivity index (χ1n) is 9.25. The summed E-state index contributed by atoms with van der Waals surface area (Å²) in [5, 5.41) is 0.349. The lowest BCUT2D eigenvalue weighted by molar-refractivity contribution is 0.391. The van der Waals surface area contributed by atoms with Gasteiger partial charge >= 0.3 is 0 Å². The fourth-order valence-electron chi connectivity index (χ4n) is 3.85. The SMILES string of the molecule is C#Cc1c(Cn2c(C3CCC3)nc3nccnc32)c2ccc(F)c(F)c2[nH]c1=O. The summed E-state index contributed by atoms with van der Waals surface area (Å²) >= 11 is 0. The first-order chi connectivity index (χ1) is 14.1. The summed E-state index contributed by atoms with van der Waals surface area (Å²) in [5.74, 6) is 1.33. The number of nitrogens with one attached hydrogen (secondary N) is 1. The normalized spacial score (nSPS) is 14.2. The fourth-order valence-corrected chi connectivity index (χ4v) is 3.85. The third-order valence-corrected chi connectivity index (χ3v) is 5.53. The van der Waals surface area contributed by atoms with E-state index in [1.165, 1.54) is 6.07 Å². The number of imidazole rings is 1. The van der Waals surface area contributed by atoms with Crippen LogP contribution in [0, 0.1) is 24.0 Å². The van der Waals surface area contributed by atoms with E-state index in [1.807, 2.05) is 4.57 Å². The van der Waals surface area contributed by atoms with Crippen LogP contribution in [0.3, 0.4) is 0 Å². The van der Waals surface area contributed by atoms with Gasteiger partial charge in [0.25, 0.3) is 5.56 Å². The minimum atomic E-state index is -1.11. The summed E-state index contributed by atoms with van der Waals surface area (Å²) < 4.78 is 30.0. The van der Waals surface area contributed by atoms with Crippen LogP contribution in [0.15, 0.2) is 29.3 Å². The van der Waals surface area contributed by atoms with Gasteiger partial charge in [0.2, 0.25) is 0 Å². The van der Waals surface area contributed by atoms with Gasteiger partial charge < -0.3 is 9.55 Å². The van der Waals surface area contributed by atoms with Crippen molar-refractivity contribution in [3.05, 3.63) is 63.5 Å². The monoisotopic (exact) mass is 391 g/mol. The second-order valence-electron chi connectivity index (χ2n) is 7.12. The van der Waals surface area contributed by atoms with E-state index in [0.29, 0.717) is 22.2 Å². The molecule has 3 aromatic heterocycles. The number of benzene rings is 1. The van der Waals surface area contributed by atoms with Crippen molar-refractivity contribution in [1.82, 2.24) is 24.5 Å². The molecule has 1 fully saturated rings. The molecule has 0 saturated heterocycles. The molecule has 0 unspecified atom stereocenters. The van der Waals surface area contributed by atoms with Gasteiger partial charge in [0.1, 0.15) is 5.82 Å². The number of hydrogen-bond donors (Lipinski definition) is 1. The van der Waals surface area contributed by atoms with Crippen LogP contribution in [-0.2, 0) is 6.54 Å². The van der Waals surface area contributed by atoms with Crippen LogP contribution in [0.2, 0.25) is 0 Å². The molecule has 5 rings (SSSR count). The quantitative estimate of drug-likeness (QED) is 0.544. The topological polar surface area (TPSA) is 76.5 Å². The Morgan fingerprint density at radius 2 is 2.03 bits per heavy atom. The van der Waals surface area contributed by atoms with E-state index in [0.717, 1.165) is 31.2 Å². The number of fused-ring (bicyclic) bond motifs is 2. The molecule has 1 aliphatic carbocycles. The molecule has 0 bridgehead atoms. The molecule has 0 spiro atoms. The van der Waals surface area contributed by atoms with Gasteiger partial charge in [-0.15, -0.1) is 6.42 Å². The van der Waals surface area contributed by atoms with Crippen molar-refractivity contribution >= 4 is 22.2 Å². The Labute approximate surface area is 163 Å². The maximum Gasteiger partial charge on any atom is 0.264 e. The number of pyridine rings is 1. The Morgan fingerprint density at radius 3 is 2.76 bits per heavy atom. The number of aromatic nitrogens is 5. The van der Waals surface area contributed by atoms with Gasteiger partial charge in [-0.3, -0.25) is 4.79 Å². The van der Waals surface area contributed by atoms with Gasteiger partial charge in [-0.1, -0.05) is 12.3 Å². The minimum Gasteiger partial charge on any atom is -0.318 e. The zero-order chi connectivity index (χ0) is 20.1. The maximum atomic E-state index is 14.4. The molecule has 3 heterocycles. The van der Waals surface area contributed by atoms with Crippen molar-refractivity contribution < 1.29 is 8.78 Å². The molecule has 4 aromatic rings. The first kappa shape index (κ1) is 17.5. The zero-order valence-electron chi connectivity index (χ0n) is 15.2. The van der Waals surface area contributed by atoms with Crippen molar-refractivity contribution in [1.29, 1.82) is 0 Å². The van der Waals surface area contributed by atoms with Crippen molar-refractivity contribution in [2.45, 2.75) is 31.7 Å². The maximum absolute atomic E-state index is 14.4. The minimum absolute atomic E-state index is 0.0776. The molecule has 0 atom stereocenters. The lowest BCUT2D eigenvalue weighted by Gasteiger charge is -2.25. The Morgan fingerprint density at radius 1 is 1.24 bits per heavy atom. The third kappa shape index (κ3) is 2.62. The first-order valence-corrected chi connectivity index (χ1v) is 9.25. The van der Waals surface area contributed by atoms with Crippen molar-refractivity contribution in [2.75, 3.05) is 0 Å². The van der Waals surface area contributed by atoms with E-state index >= 15 is 0 Å². The Kier molecular flexibility index (Phi) is 3.91. The molecule has 6 nitrogen and oxygen atoms in total. The predicted molar refractivity (Wildman–Crippen MR) is 103 cm³/mol. The van der Waals surface area contributed by atoms with E-state index in [2.05, 4.69) is 25.9 Å². The molecular weight excluding hydrogens is 376 g/mol. The summed E-state index contributed by atoms with van der Waals surface area (Å²) in [4.78, 5) is 28.2. The smallest absolute Gasteiger partial charge is 0.264 e. The second kappa shape index (κ2) is 6.48. The molecule has 29 heavy (non-hydrogen) atoms. The summed E-state index contributed by atoms with van der Waals surface area (Å²) in [7, 11) is 0. The molecule has 144 valence electrons. The summed E-state index contributed by atoms with van der Waals surface area (Å²) in [5.41, 5.74) is 0.728. The number of terminal acetylenes is 1. The van der Waals surface area contributed by atoms with Gasteiger partial charge in [0, 0.05) is 29.3 Å². The third-order valence-electron chi connectivity index (χ3n) is 5.53.